The topological polar surface area (TPSA) is 26.0 Å². The van der Waals surface area contributed by atoms with E-state index in [4.69, 9.17) is 5.73 Å². The first-order valence-electron chi connectivity index (χ1n) is 2.27. The number of thiophene rings is 1. The number of nitrogens with two attached hydrogens (primary N) is 1. The standard InChI is InChI=1S/C5H6FNS/c6-5-2-1-4(3-7)8-5/h1-2H,3,7H2. The minimum atomic E-state index is -0.162. The highest BCUT2D eigenvalue weighted by Crippen LogP contribution is 2.12. The van der Waals surface area contributed by atoms with Gasteiger partial charge >= 0.3 is 0 Å². The molecular weight excluding hydrogens is 125 g/mol. The highest BCUT2D eigenvalue weighted by atomic mass is 32.1. The molecule has 0 fully saturated rings. The van der Waals surface area contributed by atoms with E-state index in [9.17, 15) is 4.39 Å². The summed E-state index contributed by atoms with van der Waals surface area (Å²) in [6.45, 7) is 0.439. The van der Waals surface area contributed by atoms with Gasteiger partial charge in [-0.1, -0.05) is 0 Å². The lowest BCUT2D eigenvalue weighted by molar-refractivity contribution is 0.657. The molecular formula is C5H6FNS. The monoisotopic (exact) mass is 131 g/mol. The Kier molecular flexibility index (Phi) is 1.60. The van der Waals surface area contributed by atoms with Crippen LogP contribution in [0.25, 0.3) is 0 Å². The lowest BCUT2D eigenvalue weighted by atomic mass is 10.5. The number of hydrogen-bond donors (Lipinski definition) is 1. The predicted octanol–water partition coefficient (Wildman–Crippen LogP) is 1.35. The van der Waals surface area contributed by atoms with Crippen molar-refractivity contribution in [3.05, 3.63) is 22.1 Å². The van der Waals surface area contributed by atoms with Gasteiger partial charge in [-0.15, -0.1) is 11.3 Å². The molecule has 2 N–H and O–H groups in total. The van der Waals surface area contributed by atoms with Gasteiger partial charge in [0.2, 0.25) is 0 Å². The van der Waals surface area contributed by atoms with Crippen molar-refractivity contribution in [2.75, 3.05) is 0 Å². The van der Waals surface area contributed by atoms with Crippen LogP contribution in [0.15, 0.2) is 12.1 Å². The molecule has 0 aliphatic carbocycles. The summed E-state index contributed by atoms with van der Waals surface area (Å²) in [6.07, 6.45) is 0. The van der Waals surface area contributed by atoms with E-state index in [1.165, 1.54) is 6.07 Å². The fourth-order valence-electron chi connectivity index (χ4n) is 0.461. The molecule has 3 heteroatoms. The van der Waals surface area contributed by atoms with Crippen LogP contribution in [0.1, 0.15) is 4.88 Å². The SMILES string of the molecule is NCc1ccc(F)s1. The second-order valence-electron chi connectivity index (χ2n) is 1.41. The lowest BCUT2D eigenvalue weighted by Crippen LogP contribution is -1.90. The lowest BCUT2D eigenvalue weighted by Gasteiger charge is -1.80. The third-order valence-corrected chi connectivity index (χ3v) is 1.73. The van der Waals surface area contributed by atoms with Gasteiger partial charge in [0.25, 0.3) is 0 Å². The Morgan fingerprint density at radius 2 is 2.38 bits per heavy atom. The van der Waals surface area contributed by atoms with Crippen LogP contribution in [0.2, 0.25) is 0 Å². The molecule has 1 nitrogen and oxygen atoms in total. The highest BCUT2D eigenvalue weighted by molar-refractivity contribution is 7.10. The van der Waals surface area contributed by atoms with Crippen LogP contribution in [-0.4, -0.2) is 0 Å². The molecule has 0 aliphatic rings. The largest absolute Gasteiger partial charge is 0.326 e. The van der Waals surface area contributed by atoms with Crippen molar-refractivity contribution in [1.29, 1.82) is 0 Å². The van der Waals surface area contributed by atoms with Crippen LogP contribution in [0.3, 0.4) is 0 Å². The minimum Gasteiger partial charge on any atom is -0.326 e. The molecule has 0 amide bonds. The molecule has 0 atom stereocenters. The van der Waals surface area contributed by atoms with E-state index < -0.39 is 0 Å². The van der Waals surface area contributed by atoms with Gasteiger partial charge < -0.3 is 5.73 Å². The van der Waals surface area contributed by atoms with Crippen molar-refractivity contribution in [3.8, 4) is 0 Å². The zero-order valence-corrected chi connectivity index (χ0v) is 5.04. The molecule has 0 spiro atoms. The van der Waals surface area contributed by atoms with E-state index in [0.29, 0.717) is 6.54 Å². The number of rotatable bonds is 1. The molecule has 1 rings (SSSR count). The van der Waals surface area contributed by atoms with Gasteiger partial charge in [0.05, 0.1) is 0 Å². The Hall–Kier alpha value is -0.410. The predicted molar refractivity (Wildman–Crippen MR) is 32.2 cm³/mol. The average Bonchev–Trinajstić information content (AvgIpc) is 2.14. The van der Waals surface area contributed by atoms with Gasteiger partial charge in [-0.05, 0) is 12.1 Å². The van der Waals surface area contributed by atoms with Crippen LogP contribution in [-0.2, 0) is 6.54 Å². The van der Waals surface area contributed by atoms with Gasteiger partial charge in [0.15, 0.2) is 5.13 Å². The Morgan fingerprint density at radius 1 is 1.62 bits per heavy atom. The summed E-state index contributed by atoms with van der Waals surface area (Å²) >= 11 is 1.10. The Bertz CT molecular complexity index is 173. The van der Waals surface area contributed by atoms with Crippen molar-refractivity contribution in [1.82, 2.24) is 0 Å². The molecule has 1 aromatic heterocycles. The van der Waals surface area contributed by atoms with Crippen LogP contribution in [0.4, 0.5) is 4.39 Å². The van der Waals surface area contributed by atoms with E-state index in [2.05, 4.69) is 0 Å². The Balaban J connectivity index is 2.84. The number of hydrogen-bond acceptors (Lipinski definition) is 2. The fraction of sp³-hybridized carbons (Fsp3) is 0.200. The molecule has 0 unspecified atom stereocenters. The molecule has 0 saturated heterocycles. The Labute approximate surface area is 50.9 Å². The van der Waals surface area contributed by atoms with Crippen LogP contribution in [0.5, 0.6) is 0 Å². The van der Waals surface area contributed by atoms with E-state index >= 15 is 0 Å². The van der Waals surface area contributed by atoms with Crippen molar-refractivity contribution in [3.63, 3.8) is 0 Å². The summed E-state index contributed by atoms with van der Waals surface area (Å²) in [5, 5.41) is -0.162. The minimum absolute atomic E-state index is 0.162. The third kappa shape index (κ3) is 1.05. The maximum Gasteiger partial charge on any atom is 0.176 e. The normalized spacial score (nSPS) is 9.75. The summed E-state index contributed by atoms with van der Waals surface area (Å²) in [6, 6.07) is 3.12. The number of halogens is 1. The first-order valence-corrected chi connectivity index (χ1v) is 3.09. The van der Waals surface area contributed by atoms with Crippen molar-refractivity contribution >= 4 is 11.3 Å². The first-order chi connectivity index (χ1) is 3.83. The quantitative estimate of drug-likeness (QED) is 0.611. The molecule has 1 aromatic rings. The maximum atomic E-state index is 12.1. The zero-order valence-electron chi connectivity index (χ0n) is 4.23. The summed E-state index contributed by atoms with van der Waals surface area (Å²) in [5.41, 5.74) is 5.21. The molecule has 1 heterocycles. The van der Waals surface area contributed by atoms with Gasteiger partial charge in [-0.2, -0.15) is 4.39 Å². The van der Waals surface area contributed by atoms with Crippen LogP contribution >= 0.6 is 11.3 Å². The van der Waals surface area contributed by atoms with Gasteiger partial charge in [0, 0.05) is 11.4 Å². The van der Waals surface area contributed by atoms with E-state index in [-0.39, 0.29) is 5.13 Å². The molecule has 0 bridgehead atoms. The van der Waals surface area contributed by atoms with E-state index in [1.807, 2.05) is 0 Å². The van der Waals surface area contributed by atoms with Crippen molar-refractivity contribution in [2.45, 2.75) is 6.54 Å². The summed E-state index contributed by atoms with van der Waals surface area (Å²) in [4.78, 5) is 0.891. The molecule has 0 aromatic carbocycles. The van der Waals surface area contributed by atoms with Crippen molar-refractivity contribution in [2.24, 2.45) is 5.73 Å². The maximum absolute atomic E-state index is 12.1. The van der Waals surface area contributed by atoms with E-state index in [1.54, 1.807) is 6.07 Å². The van der Waals surface area contributed by atoms with Crippen LogP contribution in [0, 0.1) is 5.13 Å². The Morgan fingerprint density at radius 3 is 2.62 bits per heavy atom. The zero-order chi connectivity index (χ0) is 5.98. The molecule has 0 saturated carbocycles. The van der Waals surface area contributed by atoms with Gasteiger partial charge in [-0.25, -0.2) is 0 Å². The van der Waals surface area contributed by atoms with E-state index in [0.717, 1.165) is 16.2 Å². The average molecular weight is 131 g/mol. The first kappa shape index (κ1) is 5.72. The second-order valence-corrected chi connectivity index (χ2v) is 2.53. The summed E-state index contributed by atoms with van der Waals surface area (Å²) in [5.74, 6) is 0. The van der Waals surface area contributed by atoms with Gasteiger partial charge in [-0.3, -0.25) is 0 Å². The third-order valence-electron chi connectivity index (χ3n) is 0.830. The summed E-state index contributed by atoms with van der Waals surface area (Å²) < 4.78 is 12.1. The molecule has 44 valence electrons. The molecule has 0 radical (unpaired) electrons. The smallest absolute Gasteiger partial charge is 0.176 e. The highest BCUT2D eigenvalue weighted by Gasteiger charge is 1.93. The molecule has 0 aliphatic heterocycles. The van der Waals surface area contributed by atoms with Gasteiger partial charge in [0.1, 0.15) is 0 Å². The summed E-state index contributed by atoms with van der Waals surface area (Å²) in [7, 11) is 0. The fourth-order valence-corrected chi connectivity index (χ4v) is 1.07. The second kappa shape index (κ2) is 2.24. The molecule has 8 heavy (non-hydrogen) atoms. The van der Waals surface area contributed by atoms with Crippen molar-refractivity contribution < 1.29 is 4.39 Å². The van der Waals surface area contributed by atoms with Crippen LogP contribution < -0.4 is 5.73 Å².